The van der Waals surface area contributed by atoms with Crippen LogP contribution in [0.4, 0.5) is 5.69 Å². The average Bonchev–Trinajstić information content (AvgIpc) is 2.79. The minimum Gasteiger partial charge on any atom is -0.490 e. The van der Waals surface area contributed by atoms with Gasteiger partial charge in [-0.3, -0.25) is 0 Å². The van der Waals surface area contributed by atoms with Crippen molar-refractivity contribution >= 4 is 5.69 Å². The highest BCUT2D eigenvalue weighted by Crippen LogP contribution is 2.33. The molecule has 0 fully saturated rings. The molecule has 21 heavy (non-hydrogen) atoms. The molecule has 2 aromatic carbocycles. The van der Waals surface area contributed by atoms with Crippen LogP contribution in [0.1, 0.15) is 17.5 Å². The van der Waals surface area contributed by atoms with Crippen LogP contribution in [0.25, 0.3) is 0 Å². The van der Waals surface area contributed by atoms with Gasteiger partial charge in [-0.05, 0) is 24.3 Å². The molecule has 3 rings (SSSR count). The number of nitrogens with zero attached hydrogens (tertiary/aromatic N) is 1. The number of nitriles is 1. The molecule has 0 aromatic heterocycles. The lowest BCUT2D eigenvalue weighted by molar-refractivity contribution is 0.296. The maximum Gasteiger partial charge on any atom is 0.166 e. The predicted octanol–water partition coefficient (Wildman–Crippen LogP) is 3.33. The summed E-state index contributed by atoms with van der Waals surface area (Å²) in [4.78, 5) is 0. The lowest BCUT2D eigenvalue weighted by atomic mass is 10.1. The Kier molecular flexibility index (Phi) is 3.92. The molecule has 1 aliphatic heterocycles. The molecule has 0 aliphatic carbocycles. The van der Waals surface area contributed by atoms with Gasteiger partial charge >= 0.3 is 0 Å². The largest absolute Gasteiger partial charge is 0.490 e. The second kappa shape index (κ2) is 6.19. The summed E-state index contributed by atoms with van der Waals surface area (Å²) < 4.78 is 11.5. The summed E-state index contributed by atoms with van der Waals surface area (Å²) >= 11 is 0. The number of rotatable bonds is 3. The second-order valence-corrected chi connectivity index (χ2v) is 4.84. The first-order valence-electron chi connectivity index (χ1n) is 6.98. The van der Waals surface area contributed by atoms with E-state index >= 15 is 0 Å². The lowest BCUT2D eigenvalue weighted by Gasteiger charge is -2.13. The van der Waals surface area contributed by atoms with Crippen molar-refractivity contribution in [3.05, 3.63) is 53.6 Å². The molecule has 1 N–H and O–H groups in total. The average molecular weight is 280 g/mol. The van der Waals surface area contributed by atoms with Crippen molar-refractivity contribution in [3.8, 4) is 17.6 Å². The van der Waals surface area contributed by atoms with Gasteiger partial charge < -0.3 is 14.8 Å². The minimum absolute atomic E-state index is 0.626. The Morgan fingerprint density at radius 3 is 2.86 bits per heavy atom. The van der Waals surface area contributed by atoms with Crippen LogP contribution in [-0.2, 0) is 6.54 Å². The molecule has 106 valence electrons. The Bertz CT molecular complexity index is 677. The van der Waals surface area contributed by atoms with Gasteiger partial charge in [-0.25, -0.2) is 0 Å². The predicted molar refractivity (Wildman–Crippen MR) is 80.5 cm³/mol. The third-order valence-corrected chi connectivity index (χ3v) is 3.33. The van der Waals surface area contributed by atoms with Crippen molar-refractivity contribution < 1.29 is 9.47 Å². The molecule has 0 spiro atoms. The fourth-order valence-corrected chi connectivity index (χ4v) is 2.29. The van der Waals surface area contributed by atoms with E-state index in [4.69, 9.17) is 14.7 Å². The van der Waals surface area contributed by atoms with Crippen LogP contribution in [0.5, 0.6) is 11.5 Å². The molecule has 0 unspecified atom stereocenters. The molecule has 0 atom stereocenters. The summed E-state index contributed by atoms with van der Waals surface area (Å²) in [6.45, 7) is 1.99. The molecule has 0 bridgehead atoms. The number of ether oxygens (including phenoxy) is 2. The first-order chi connectivity index (χ1) is 10.4. The van der Waals surface area contributed by atoms with E-state index in [0.717, 1.165) is 29.2 Å². The number of anilines is 1. The van der Waals surface area contributed by atoms with Crippen LogP contribution in [0, 0.1) is 11.3 Å². The molecule has 1 aliphatic rings. The summed E-state index contributed by atoms with van der Waals surface area (Å²) in [6.07, 6.45) is 0.895. The van der Waals surface area contributed by atoms with E-state index in [9.17, 15) is 0 Å². The number of para-hydroxylation sites is 1. The number of fused-ring (bicyclic) bond motifs is 1. The zero-order valence-electron chi connectivity index (χ0n) is 11.6. The fraction of sp³-hybridized carbons (Fsp3) is 0.235. The molecule has 4 heteroatoms. The highest BCUT2D eigenvalue weighted by atomic mass is 16.5. The Hall–Kier alpha value is -2.67. The molecule has 1 heterocycles. The summed E-state index contributed by atoms with van der Waals surface area (Å²) in [5.41, 5.74) is 2.62. The molecule has 0 amide bonds. The zero-order chi connectivity index (χ0) is 14.5. The highest BCUT2D eigenvalue weighted by Gasteiger charge is 2.14. The maximum absolute atomic E-state index is 8.92. The van der Waals surface area contributed by atoms with Crippen LogP contribution < -0.4 is 14.8 Å². The Labute approximate surface area is 123 Å². The van der Waals surface area contributed by atoms with Gasteiger partial charge in [0.15, 0.2) is 11.5 Å². The number of hydrogen-bond acceptors (Lipinski definition) is 4. The van der Waals surface area contributed by atoms with Crippen molar-refractivity contribution in [2.24, 2.45) is 0 Å². The quantitative estimate of drug-likeness (QED) is 0.937. The van der Waals surface area contributed by atoms with Crippen molar-refractivity contribution in [1.82, 2.24) is 0 Å². The maximum atomic E-state index is 8.92. The van der Waals surface area contributed by atoms with Gasteiger partial charge in [0.25, 0.3) is 0 Å². The van der Waals surface area contributed by atoms with Gasteiger partial charge in [0, 0.05) is 24.2 Å². The van der Waals surface area contributed by atoms with Gasteiger partial charge in [-0.1, -0.05) is 18.2 Å². The van der Waals surface area contributed by atoms with E-state index in [1.807, 2.05) is 36.4 Å². The lowest BCUT2D eigenvalue weighted by Crippen LogP contribution is -2.03. The summed E-state index contributed by atoms with van der Waals surface area (Å²) in [6, 6.07) is 15.5. The van der Waals surface area contributed by atoms with Gasteiger partial charge in [-0.15, -0.1) is 0 Å². The molecule has 2 aromatic rings. The second-order valence-electron chi connectivity index (χ2n) is 4.84. The zero-order valence-corrected chi connectivity index (χ0v) is 11.6. The molecule has 4 nitrogen and oxygen atoms in total. The molecular weight excluding hydrogens is 264 g/mol. The van der Waals surface area contributed by atoms with Crippen LogP contribution in [-0.4, -0.2) is 13.2 Å². The Balaban J connectivity index is 1.77. The van der Waals surface area contributed by atoms with Gasteiger partial charge in [0.1, 0.15) is 0 Å². The standard InChI is InChI=1S/C17H16N2O2/c18-11-13-4-1-6-15(10-13)19-12-14-5-2-7-16-17(14)21-9-3-8-20-16/h1-2,4-7,10,19H,3,8-9,12H2. The summed E-state index contributed by atoms with van der Waals surface area (Å²) in [7, 11) is 0. The van der Waals surface area contributed by atoms with E-state index in [2.05, 4.69) is 11.4 Å². The fourth-order valence-electron chi connectivity index (χ4n) is 2.29. The van der Waals surface area contributed by atoms with Crippen molar-refractivity contribution in [2.45, 2.75) is 13.0 Å². The normalized spacial score (nSPS) is 13.1. The first kappa shape index (κ1) is 13.3. The smallest absolute Gasteiger partial charge is 0.166 e. The van der Waals surface area contributed by atoms with E-state index in [-0.39, 0.29) is 0 Å². The highest BCUT2D eigenvalue weighted by molar-refractivity contribution is 5.52. The Morgan fingerprint density at radius 1 is 1.10 bits per heavy atom. The van der Waals surface area contributed by atoms with Crippen LogP contribution in [0.2, 0.25) is 0 Å². The Morgan fingerprint density at radius 2 is 1.95 bits per heavy atom. The molecular formula is C17H16N2O2. The monoisotopic (exact) mass is 280 g/mol. The third kappa shape index (κ3) is 3.09. The summed E-state index contributed by atoms with van der Waals surface area (Å²) in [5.74, 6) is 1.62. The number of nitrogens with one attached hydrogen (secondary N) is 1. The van der Waals surface area contributed by atoms with Crippen molar-refractivity contribution in [2.75, 3.05) is 18.5 Å². The number of hydrogen-bond donors (Lipinski definition) is 1. The first-order valence-corrected chi connectivity index (χ1v) is 6.98. The molecule has 0 radical (unpaired) electrons. The van der Waals surface area contributed by atoms with E-state index in [0.29, 0.717) is 25.3 Å². The van der Waals surface area contributed by atoms with Crippen LogP contribution in [0.15, 0.2) is 42.5 Å². The van der Waals surface area contributed by atoms with E-state index in [1.165, 1.54) is 0 Å². The minimum atomic E-state index is 0.626. The SMILES string of the molecule is N#Cc1cccc(NCc2cccc3c2OCCCO3)c1. The third-order valence-electron chi connectivity index (χ3n) is 3.33. The molecule has 0 saturated heterocycles. The topological polar surface area (TPSA) is 54.3 Å². The van der Waals surface area contributed by atoms with Crippen LogP contribution in [0.3, 0.4) is 0 Å². The van der Waals surface area contributed by atoms with Crippen molar-refractivity contribution in [1.29, 1.82) is 5.26 Å². The van der Waals surface area contributed by atoms with Gasteiger partial charge in [0.2, 0.25) is 0 Å². The van der Waals surface area contributed by atoms with Gasteiger partial charge in [-0.2, -0.15) is 5.26 Å². The van der Waals surface area contributed by atoms with E-state index < -0.39 is 0 Å². The summed E-state index contributed by atoms with van der Waals surface area (Å²) in [5, 5.41) is 12.2. The van der Waals surface area contributed by atoms with Gasteiger partial charge in [0.05, 0.1) is 24.8 Å². The van der Waals surface area contributed by atoms with Crippen LogP contribution >= 0.6 is 0 Å². The van der Waals surface area contributed by atoms with Crippen molar-refractivity contribution in [3.63, 3.8) is 0 Å². The number of benzene rings is 2. The van der Waals surface area contributed by atoms with E-state index in [1.54, 1.807) is 6.07 Å². The molecule has 0 saturated carbocycles.